The predicted octanol–water partition coefficient (Wildman–Crippen LogP) is 2.69. The van der Waals surface area contributed by atoms with E-state index in [1.54, 1.807) is 0 Å². The molecule has 20 heavy (non-hydrogen) atoms. The van der Waals surface area contributed by atoms with Crippen LogP contribution in [-0.2, 0) is 20.3 Å². The number of hydrogen-bond donors (Lipinski definition) is 1. The Labute approximate surface area is 127 Å². The van der Waals surface area contributed by atoms with E-state index >= 15 is 0 Å². The van der Waals surface area contributed by atoms with E-state index in [1.165, 1.54) is 0 Å². The molecule has 1 aliphatic heterocycles. The molecule has 1 heterocycles. The lowest BCUT2D eigenvalue weighted by Gasteiger charge is -2.32. The molecule has 1 fully saturated rings. The molecular weight excluding hydrogens is 273 g/mol. The molecule has 0 radical (unpaired) electrons. The van der Waals surface area contributed by atoms with Gasteiger partial charge in [0.25, 0.3) is 0 Å². The van der Waals surface area contributed by atoms with Crippen molar-refractivity contribution in [1.29, 1.82) is 0 Å². The molecule has 0 aromatic rings. The fraction of sp³-hybridized carbons (Fsp3) is 1.00. The van der Waals surface area contributed by atoms with Crippen LogP contribution in [0, 0.1) is 5.92 Å². The Balaban J connectivity index is 2.88. The molecule has 0 spiro atoms. The Morgan fingerprint density at radius 2 is 1.45 bits per heavy atom. The smallest absolute Gasteiger partial charge is 0.402 e. The summed E-state index contributed by atoms with van der Waals surface area (Å²) in [5.74, 6) is 0.159. The fourth-order valence-corrected chi connectivity index (χ4v) is 2.83. The minimum absolute atomic E-state index is 0.101. The van der Waals surface area contributed by atoms with Gasteiger partial charge in [-0.2, -0.15) is 0 Å². The zero-order valence-corrected chi connectivity index (χ0v) is 15.2. The first-order chi connectivity index (χ1) is 8.78. The molecule has 1 saturated heterocycles. The lowest BCUT2D eigenvalue weighted by Crippen LogP contribution is -2.52. The molecule has 1 aliphatic rings. The molecule has 2 atom stereocenters. The number of hydrogen-bond acceptors (Lipinski definition) is 3. The molecule has 6 heteroatoms. The molecule has 0 aromatic carbocycles. The van der Waals surface area contributed by atoms with Gasteiger partial charge in [-0.3, -0.25) is 0 Å². The van der Waals surface area contributed by atoms with Gasteiger partial charge in [-0.1, -0.05) is 13.8 Å². The Bertz CT molecular complexity index is 361. The van der Waals surface area contributed by atoms with Gasteiger partial charge in [0.15, 0.2) is 0 Å². The van der Waals surface area contributed by atoms with Crippen LogP contribution in [0.3, 0.4) is 0 Å². The molecule has 118 valence electrons. The second-order valence-electron chi connectivity index (χ2n) is 7.89. The van der Waals surface area contributed by atoms with Crippen LogP contribution in [0.2, 0.25) is 0 Å². The molecule has 1 rings (SSSR count). The minimum Gasteiger partial charge on any atom is -0.402 e. The van der Waals surface area contributed by atoms with Crippen molar-refractivity contribution in [3.05, 3.63) is 0 Å². The summed E-state index contributed by atoms with van der Waals surface area (Å²) in [7, 11) is -1.53. The summed E-state index contributed by atoms with van der Waals surface area (Å²) in [6.07, 6.45) is 0. The molecular formula is C14H30BNO3S. The lowest BCUT2D eigenvalue weighted by molar-refractivity contribution is 0.00578. The van der Waals surface area contributed by atoms with E-state index in [9.17, 15) is 4.21 Å². The van der Waals surface area contributed by atoms with Crippen molar-refractivity contribution in [3.8, 4) is 0 Å². The maximum atomic E-state index is 12.3. The third-order valence-electron chi connectivity index (χ3n) is 4.08. The summed E-state index contributed by atoms with van der Waals surface area (Å²) in [5.41, 5.74) is -0.731. The van der Waals surface area contributed by atoms with Crippen molar-refractivity contribution in [3.63, 3.8) is 0 Å². The summed E-state index contributed by atoms with van der Waals surface area (Å²) in [6.45, 7) is 18.2. The van der Waals surface area contributed by atoms with Gasteiger partial charge >= 0.3 is 7.12 Å². The summed E-state index contributed by atoms with van der Waals surface area (Å²) in [6, 6.07) is 0. The maximum absolute atomic E-state index is 12.3. The van der Waals surface area contributed by atoms with E-state index < -0.39 is 11.0 Å². The fourth-order valence-electron chi connectivity index (χ4n) is 1.84. The highest BCUT2D eigenvalue weighted by atomic mass is 32.2. The van der Waals surface area contributed by atoms with Crippen molar-refractivity contribution in [2.75, 3.05) is 0 Å². The van der Waals surface area contributed by atoms with Crippen molar-refractivity contribution in [2.45, 2.75) is 84.2 Å². The van der Waals surface area contributed by atoms with Crippen LogP contribution in [0.25, 0.3) is 0 Å². The standard InChI is InChI=1S/C14H30BNO3S/c1-10(2)11(16-20(17)12(3,4)5)15-18-13(6,7)14(8,9)19-15/h10-11,16H,1-9H3. The van der Waals surface area contributed by atoms with Crippen LogP contribution >= 0.6 is 0 Å². The second kappa shape index (κ2) is 5.71. The van der Waals surface area contributed by atoms with E-state index in [2.05, 4.69) is 18.6 Å². The van der Waals surface area contributed by atoms with Gasteiger partial charge < -0.3 is 9.31 Å². The highest BCUT2D eigenvalue weighted by molar-refractivity contribution is 7.84. The van der Waals surface area contributed by atoms with E-state index in [0.717, 1.165) is 0 Å². The molecule has 4 nitrogen and oxygen atoms in total. The van der Waals surface area contributed by atoms with Gasteiger partial charge in [-0.05, 0) is 54.4 Å². The largest absolute Gasteiger partial charge is 0.477 e. The molecule has 0 aromatic heterocycles. The van der Waals surface area contributed by atoms with E-state index in [1.807, 2.05) is 48.5 Å². The highest BCUT2D eigenvalue weighted by Gasteiger charge is 2.54. The van der Waals surface area contributed by atoms with Gasteiger partial charge in [0.2, 0.25) is 0 Å². The van der Waals surface area contributed by atoms with E-state index in [0.29, 0.717) is 0 Å². The zero-order valence-electron chi connectivity index (χ0n) is 14.4. The first-order valence-electron chi connectivity index (χ1n) is 7.31. The average molecular weight is 303 g/mol. The summed E-state index contributed by atoms with van der Waals surface area (Å²) < 4.78 is 27.4. The molecule has 0 amide bonds. The first-order valence-corrected chi connectivity index (χ1v) is 8.46. The number of rotatable bonds is 4. The molecule has 2 unspecified atom stereocenters. The first kappa shape index (κ1) is 18.1. The average Bonchev–Trinajstić information content (AvgIpc) is 2.41. The van der Waals surface area contributed by atoms with E-state index in [4.69, 9.17) is 9.31 Å². The predicted molar refractivity (Wildman–Crippen MR) is 85.7 cm³/mol. The third kappa shape index (κ3) is 3.84. The van der Waals surface area contributed by atoms with Gasteiger partial charge in [0, 0.05) is 0 Å². The molecule has 1 N–H and O–H groups in total. The van der Waals surface area contributed by atoms with Crippen LogP contribution in [-0.4, -0.2) is 33.2 Å². The van der Waals surface area contributed by atoms with E-state index in [-0.39, 0.29) is 34.9 Å². The molecule has 0 aliphatic carbocycles. The van der Waals surface area contributed by atoms with Crippen molar-refractivity contribution >= 4 is 18.1 Å². The quantitative estimate of drug-likeness (QED) is 0.812. The van der Waals surface area contributed by atoms with Crippen molar-refractivity contribution in [2.24, 2.45) is 5.92 Å². The summed E-state index contributed by atoms with van der Waals surface area (Å²) in [5, 5.41) is 0. The minimum atomic E-state index is -1.14. The lowest BCUT2D eigenvalue weighted by atomic mass is 9.73. The Kier molecular flexibility index (Phi) is 5.18. The maximum Gasteiger partial charge on any atom is 0.477 e. The van der Waals surface area contributed by atoms with Gasteiger partial charge in [0.1, 0.15) is 0 Å². The Morgan fingerprint density at radius 3 is 1.75 bits per heavy atom. The normalized spacial score (nSPS) is 25.0. The highest BCUT2D eigenvalue weighted by Crippen LogP contribution is 2.38. The van der Waals surface area contributed by atoms with Crippen LogP contribution in [0.5, 0.6) is 0 Å². The monoisotopic (exact) mass is 303 g/mol. The summed E-state index contributed by atoms with van der Waals surface area (Å²) in [4.78, 5) is 0. The Morgan fingerprint density at radius 1 is 1.05 bits per heavy atom. The van der Waals surface area contributed by atoms with Crippen LogP contribution in [0.1, 0.15) is 62.3 Å². The SMILES string of the molecule is CC(C)C(NS(=O)C(C)(C)C)B1OC(C)(C)C(C)(C)O1. The van der Waals surface area contributed by atoms with Crippen molar-refractivity contribution in [1.82, 2.24) is 4.72 Å². The van der Waals surface area contributed by atoms with Crippen LogP contribution in [0.15, 0.2) is 0 Å². The Hall–Kier alpha value is 0.0949. The zero-order chi connectivity index (χ0) is 15.9. The third-order valence-corrected chi connectivity index (χ3v) is 5.68. The summed E-state index contributed by atoms with van der Waals surface area (Å²) >= 11 is 0. The molecule has 0 saturated carbocycles. The van der Waals surface area contributed by atoms with Crippen LogP contribution < -0.4 is 4.72 Å². The second-order valence-corrected chi connectivity index (χ2v) is 9.89. The van der Waals surface area contributed by atoms with Crippen LogP contribution in [0.4, 0.5) is 0 Å². The topological polar surface area (TPSA) is 47.6 Å². The van der Waals surface area contributed by atoms with Gasteiger partial charge in [-0.15, -0.1) is 0 Å². The van der Waals surface area contributed by atoms with Crippen molar-refractivity contribution < 1.29 is 13.5 Å². The van der Waals surface area contributed by atoms with Gasteiger partial charge in [-0.25, -0.2) is 8.93 Å². The molecule has 0 bridgehead atoms. The van der Waals surface area contributed by atoms with Gasteiger partial charge in [0.05, 0.1) is 32.9 Å². The number of nitrogens with one attached hydrogen (secondary N) is 1.